The number of hydrogen-bond acceptors (Lipinski definition) is 8. The van der Waals surface area contributed by atoms with Crippen molar-refractivity contribution in [2.45, 2.75) is 106 Å². The van der Waals surface area contributed by atoms with Crippen LogP contribution in [0.25, 0.3) is 0 Å². The first-order chi connectivity index (χ1) is 21.8. The van der Waals surface area contributed by atoms with E-state index in [2.05, 4.69) is 0 Å². The van der Waals surface area contributed by atoms with Gasteiger partial charge >= 0.3 is 47.7 Å². The fourth-order valence-electron chi connectivity index (χ4n) is 4.86. The topological polar surface area (TPSA) is 89.5 Å². The highest BCUT2D eigenvalue weighted by Gasteiger charge is 2.90. The van der Waals surface area contributed by atoms with Crippen LogP contribution in [0.5, 0.6) is 0 Å². The van der Waals surface area contributed by atoms with Crippen LogP contribution in [0.1, 0.15) is 44.1 Å². The average molecular weight is 726 g/mol. The van der Waals surface area contributed by atoms with E-state index in [1.54, 1.807) is 0 Å². The monoisotopic (exact) mass is 726 g/mol. The Kier molecular flexibility index (Phi) is 11.3. The van der Waals surface area contributed by atoms with E-state index in [1.165, 1.54) is 31.4 Å². The van der Waals surface area contributed by atoms with Crippen molar-refractivity contribution in [3.05, 3.63) is 35.4 Å². The van der Waals surface area contributed by atoms with Gasteiger partial charge in [0, 0.05) is 32.9 Å². The maximum absolute atomic E-state index is 14.1. The van der Waals surface area contributed by atoms with Crippen LogP contribution in [-0.2, 0) is 44.4 Å². The predicted octanol–water partition coefficient (Wildman–Crippen LogP) is 6.40. The Morgan fingerprint density at radius 3 is 1.77 bits per heavy atom. The van der Waals surface area contributed by atoms with Gasteiger partial charge in [0.05, 0.1) is 6.61 Å². The standard InChI is InChI=1S/C27H27F13O8/c1-12(41)45-18-17-16(47-21(43-3)19(18)46-13(2)42)11-44-20(48-17)15-8-6-14(7-9-15)5-4-10-22(28,29)23(30,31)24(32,33)25(34,35)26(36,37)27(38,39)40/h6-9,16-21H,4-5,10-11H2,1-3H3/t16-,17+,18+,19-,20?,21+/m1/s1. The minimum Gasteiger partial charge on any atom is -0.455 e. The van der Waals surface area contributed by atoms with Crippen LogP contribution in [0.4, 0.5) is 57.1 Å². The number of rotatable bonds is 12. The summed E-state index contributed by atoms with van der Waals surface area (Å²) < 4.78 is 206. The van der Waals surface area contributed by atoms with Gasteiger partial charge in [0.25, 0.3) is 0 Å². The van der Waals surface area contributed by atoms with E-state index in [-0.39, 0.29) is 17.7 Å². The molecule has 2 aliphatic heterocycles. The molecule has 21 heteroatoms. The quantitative estimate of drug-likeness (QED) is 0.181. The molecule has 1 aromatic carbocycles. The van der Waals surface area contributed by atoms with E-state index in [0.29, 0.717) is 0 Å². The minimum absolute atomic E-state index is 0.0731. The van der Waals surface area contributed by atoms with Crippen LogP contribution in [0, 0.1) is 0 Å². The normalized spacial score (nSPS) is 26.1. The first-order valence-electron chi connectivity index (χ1n) is 13.7. The molecule has 0 radical (unpaired) electrons. The van der Waals surface area contributed by atoms with Gasteiger partial charge in [0.1, 0.15) is 12.2 Å². The molecular weight excluding hydrogens is 699 g/mol. The van der Waals surface area contributed by atoms with Gasteiger partial charge in [-0.3, -0.25) is 9.59 Å². The summed E-state index contributed by atoms with van der Waals surface area (Å²) in [4.78, 5) is 23.5. The lowest BCUT2D eigenvalue weighted by Gasteiger charge is -2.47. The van der Waals surface area contributed by atoms with Crippen LogP contribution in [-0.4, -0.2) is 92.2 Å². The van der Waals surface area contributed by atoms with E-state index in [9.17, 15) is 66.7 Å². The van der Waals surface area contributed by atoms with Crippen molar-refractivity contribution in [3.63, 3.8) is 0 Å². The van der Waals surface area contributed by atoms with Gasteiger partial charge in [-0.1, -0.05) is 24.3 Å². The van der Waals surface area contributed by atoms with Gasteiger partial charge < -0.3 is 28.4 Å². The van der Waals surface area contributed by atoms with Gasteiger partial charge in [-0.15, -0.1) is 0 Å². The molecule has 0 spiro atoms. The van der Waals surface area contributed by atoms with Crippen LogP contribution in [0.15, 0.2) is 24.3 Å². The second-order valence-electron chi connectivity index (χ2n) is 10.8. The number of halogens is 13. The highest BCUT2D eigenvalue weighted by atomic mass is 19.4. The number of hydrogen-bond donors (Lipinski definition) is 0. The zero-order chi connectivity index (χ0) is 36.7. The van der Waals surface area contributed by atoms with Crippen molar-refractivity contribution in [3.8, 4) is 0 Å². The maximum atomic E-state index is 14.1. The molecule has 0 aliphatic carbocycles. The van der Waals surface area contributed by atoms with E-state index in [4.69, 9.17) is 28.4 Å². The molecule has 1 aromatic rings. The number of carbonyl (C=O) groups excluding carboxylic acids is 2. The van der Waals surface area contributed by atoms with Crippen LogP contribution in [0.3, 0.4) is 0 Å². The summed E-state index contributed by atoms with van der Waals surface area (Å²) in [5.74, 6) is -38.6. The molecule has 2 saturated heterocycles. The smallest absolute Gasteiger partial charge is 0.455 e. The molecule has 0 aromatic heterocycles. The molecule has 8 nitrogen and oxygen atoms in total. The fourth-order valence-corrected chi connectivity index (χ4v) is 4.86. The summed E-state index contributed by atoms with van der Waals surface area (Å²) in [7, 11) is 1.24. The van der Waals surface area contributed by atoms with Gasteiger partial charge in [-0.05, 0) is 18.4 Å². The van der Waals surface area contributed by atoms with E-state index in [1.807, 2.05) is 0 Å². The molecule has 1 unspecified atom stereocenters. The zero-order valence-electron chi connectivity index (χ0n) is 24.8. The Morgan fingerprint density at radius 1 is 0.750 bits per heavy atom. The number of ether oxygens (including phenoxy) is 6. The Morgan fingerprint density at radius 2 is 1.27 bits per heavy atom. The summed E-state index contributed by atoms with van der Waals surface area (Å²) in [5.41, 5.74) is 0.310. The molecule has 0 saturated carbocycles. The second-order valence-corrected chi connectivity index (χ2v) is 10.8. The van der Waals surface area contributed by atoms with Gasteiger partial charge in [-0.25, -0.2) is 0 Å². The highest BCUT2D eigenvalue weighted by Crippen LogP contribution is 2.60. The maximum Gasteiger partial charge on any atom is 0.460 e. The Hall–Kier alpha value is -2.91. The molecule has 274 valence electrons. The Labute approximate surface area is 262 Å². The van der Waals surface area contributed by atoms with Crippen LogP contribution < -0.4 is 0 Å². The number of aryl methyl sites for hydroxylation is 1. The van der Waals surface area contributed by atoms with Crippen molar-refractivity contribution in [2.75, 3.05) is 13.7 Å². The predicted molar refractivity (Wildman–Crippen MR) is 131 cm³/mol. The number of esters is 2. The summed E-state index contributed by atoms with van der Waals surface area (Å²) in [6.45, 7) is 1.99. The van der Waals surface area contributed by atoms with Crippen molar-refractivity contribution < 1.29 is 95.1 Å². The SMILES string of the molecule is CO[C@H]1O[C@@H]2COC(c3ccc(CCCC(F)(F)C(F)(F)C(F)(F)C(F)(F)C(F)(F)C(F)(F)F)cc3)O[C@@H]2[C@H](OC(C)=O)[C@H]1OC(C)=O. The van der Waals surface area contributed by atoms with Crippen molar-refractivity contribution in [1.29, 1.82) is 0 Å². The van der Waals surface area contributed by atoms with Gasteiger partial charge in [0.2, 0.25) is 0 Å². The molecule has 2 fully saturated rings. The number of alkyl halides is 13. The fraction of sp³-hybridized carbons (Fsp3) is 0.704. The highest BCUT2D eigenvalue weighted by molar-refractivity contribution is 5.67. The third-order valence-corrected chi connectivity index (χ3v) is 7.33. The molecule has 48 heavy (non-hydrogen) atoms. The van der Waals surface area contributed by atoms with Crippen LogP contribution >= 0.6 is 0 Å². The molecule has 2 aliphatic rings. The molecular formula is C27H27F13O8. The van der Waals surface area contributed by atoms with Crippen molar-refractivity contribution in [2.24, 2.45) is 0 Å². The summed E-state index contributed by atoms with van der Waals surface area (Å²) in [6.07, 6.45) is -18.4. The lowest BCUT2D eigenvalue weighted by molar-refractivity contribution is -0.440. The molecule has 3 rings (SSSR count). The summed E-state index contributed by atoms with van der Waals surface area (Å²) in [5, 5.41) is 0. The lowest BCUT2D eigenvalue weighted by Crippen LogP contribution is -2.70. The van der Waals surface area contributed by atoms with Gasteiger partial charge in [0.15, 0.2) is 24.8 Å². The molecule has 0 amide bonds. The molecule has 0 N–H and O–H groups in total. The van der Waals surface area contributed by atoms with E-state index in [0.717, 1.165) is 13.8 Å². The molecule has 6 atom stereocenters. The van der Waals surface area contributed by atoms with E-state index >= 15 is 0 Å². The largest absolute Gasteiger partial charge is 0.460 e. The first kappa shape index (κ1) is 39.5. The van der Waals surface area contributed by atoms with Crippen LogP contribution in [0.2, 0.25) is 0 Å². The third kappa shape index (κ3) is 7.32. The minimum atomic E-state index is -7.95. The van der Waals surface area contributed by atoms with Crippen molar-refractivity contribution >= 4 is 11.9 Å². The average Bonchev–Trinajstić information content (AvgIpc) is 2.96. The second kappa shape index (κ2) is 13.8. The third-order valence-electron chi connectivity index (χ3n) is 7.33. The van der Waals surface area contributed by atoms with E-state index < -0.39 is 104 Å². The van der Waals surface area contributed by atoms with Crippen molar-refractivity contribution in [1.82, 2.24) is 0 Å². The zero-order valence-corrected chi connectivity index (χ0v) is 24.8. The Balaban J connectivity index is 1.70. The number of carbonyl (C=O) groups is 2. The summed E-state index contributed by atoms with van der Waals surface area (Å²) >= 11 is 0. The Bertz CT molecular complexity index is 1290. The molecule has 2 heterocycles. The van der Waals surface area contributed by atoms with Gasteiger partial charge in [-0.2, -0.15) is 57.1 Å². The number of benzene rings is 1. The number of fused-ring (bicyclic) bond motifs is 1. The number of methoxy groups -OCH3 is 1. The first-order valence-corrected chi connectivity index (χ1v) is 13.7. The lowest BCUT2D eigenvalue weighted by atomic mass is 9.91. The summed E-state index contributed by atoms with van der Waals surface area (Å²) in [6, 6.07) is 4.99. The molecule has 0 bridgehead atoms.